The Morgan fingerprint density at radius 3 is 2.40 bits per heavy atom. The van der Waals surface area contributed by atoms with Crippen LogP contribution in [-0.4, -0.2) is 37.0 Å². The Hall–Kier alpha value is -0.740. The molecule has 1 atom stereocenters. The van der Waals surface area contributed by atoms with Crippen molar-refractivity contribution in [3.8, 4) is 11.5 Å². The van der Waals surface area contributed by atoms with Crippen LogP contribution in [0, 0.1) is 5.92 Å². The molecule has 1 fully saturated rings. The Labute approximate surface area is 130 Å². The van der Waals surface area contributed by atoms with Gasteiger partial charge in [-0.05, 0) is 49.5 Å². The number of hydrogen-bond donors (Lipinski definition) is 0. The highest BCUT2D eigenvalue weighted by molar-refractivity contribution is 9.09. The summed E-state index contributed by atoms with van der Waals surface area (Å²) in [7, 11) is 3.36. The lowest BCUT2D eigenvalue weighted by molar-refractivity contribution is 0.178. The first-order valence-corrected chi connectivity index (χ1v) is 8.13. The summed E-state index contributed by atoms with van der Waals surface area (Å²) in [5.74, 6) is 2.42. The van der Waals surface area contributed by atoms with Crippen molar-refractivity contribution < 1.29 is 9.47 Å². The zero-order chi connectivity index (χ0) is 14.5. The Balaban J connectivity index is 1.94. The lowest BCUT2D eigenvalue weighted by Gasteiger charge is -2.33. The third kappa shape index (κ3) is 3.89. The van der Waals surface area contributed by atoms with E-state index in [1.807, 2.05) is 6.07 Å². The second-order valence-corrected chi connectivity index (χ2v) is 6.92. The van der Waals surface area contributed by atoms with Crippen molar-refractivity contribution >= 4 is 15.9 Å². The lowest BCUT2D eigenvalue weighted by atomic mass is 9.94. The van der Waals surface area contributed by atoms with Gasteiger partial charge in [0.05, 0.1) is 14.2 Å². The van der Waals surface area contributed by atoms with Gasteiger partial charge in [-0.2, -0.15) is 0 Å². The maximum atomic E-state index is 5.36. The molecule has 0 spiro atoms. The molecule has 0 bridgehead atoms. The highest BCUT2D eigenvalue weighted by Crippen LogP contribution is 2.29. The molecule has 0 radical (unpaired) electrons. The number of ether oxygens (including phenoxy) is 2. The number of rotatable bonds is 5. The van der Waals surface area contributed by atoms with E-state index in [-0.39, 0.29) is 0 Å². The predicted octanol–water partition coefficient (Wildman–Crippen LogP) is 3.70. The molecule has 1 saturated heterocycles. The first-order valence-electron chi connectivity index (χ1n) is 7.21. The summed E-state index contributed by atoms with van der Waals surface area (Å²) in [5, 5.41) is 0. The van der Waals surface area contributed by atoms with E-state index in [1.54, 1.807) is 14.2 Å². The molecule has 1 aliphatic rings. The van der Waals surface area contributed by atoms with E-state index in [1.165, 1.54) is 31.5 Å². The van der Waals surface area contributed by atoms with Crippen molar-refractivity contribution in [1.82, 2.24) is 4.90 Å². The summed E-state index contributed by atoms with van der Waals surface area (Å²) in [5.41, 5.74) is 1.29. The standard InChI is InChI=1S/C16H24BrNO2/c1-12(17)14-6-8-18(9-7-14)11-13-4-5-15(19-2)16(10-13)20-3/h4-5,10,12,14H,6-9,11H2,1-3H3. The van der Waals surface area contributed by atoms with E-state index in [9.17, 15) is 0 Å². The van der Waals surface area contributed by atoms with E-state index in [0.29, 0.717) is 4.83 Å². The number of alkyl halides is 1. The molecular formula is C16H24BrNO2. The number of methoxy groups -OCH3 is 2. The van der Waals surface area contributed by atoms with Gasteiger partial charge in [-0.3, -0.25) is 4.90 Å². The smallest absolute Gasteiger partial charge is 0.161 e. The van der Waals surface area contributed by atoms with Crippen molar-refractivity contribution in [2.75, 3.05) is 27.3 Å². The summed E-state index contributed by atoms with van der Waals surface area (Å²) in [6.45, 7) is 5.60. The SMILES string of the molecule is COc1ccc(CN2CCC(C(C)Br)CC2)cc1OC. The van der Waals surface area contributed by atoms with Crippen LogP contribution in [0.3, 0.4) is 0 Å². The fourth-order valence-corrected chi connectivity index (χ4v) is 3.34. The maximum Gasteiger partial charge on any atom is 0.161 e. The van der Waals surface area contributed by atoms with Gasteiger partial charge in [0.15, 0.2) is 11.5 Å². The zero-order valence-electron chi connectivity index (χ0n) is 12.6. The number of halogens is 1. The summed E-state index contributed by atoms with van der Waals surface area (Å²) < 4.78 is 10.6. The average molecular weight is 342 g/mol. The Kier molecular flexibility index (Phi) is 5.73. The van der Waals surface area contributed by atoms with Crippen LogP contribution in [0.2, 0.25) is 0 Å². The van der Waals surface area contributed by atoms with E-state index in [4.69, 9.17) is 9.47 Å². The largest absolute Gasteiger partial charge is 0.493 e. The monoisotopic (exact) mass is 341 g/mol. The van der Waals surface area contributed by atoms with Crippen LogP contribution in [0.5, 0.6) is 11.5 Å². The van der Waals surface area contributed by atoms with E-state index in [2.05, 4.69) is 39.9 Å². The average Bonchev–Trinajstić information content (AvgIpc) is 2.47. The number of hydrogen-bond acceptors (Lipinski definition) is 3. The molecule has 1 aromatic rings. The van der Waals surface area contributed by atoms with Crippen molar-refractivity contribution in [3.05, 3.63) is 23.8 Å². The van der Waals surface area contributed by atoms with Crippen LogP contribution in [0.4, 0.5) is 0 Å². The molecule has 1 heterocycles. The van der Waals surface area contributed by atoms with E-state index in [0.717, 1.165) is 24.0 Å². The van der Waals surface area contributed by atoms with Gasteiger partial charge in [0.2, 0.25) is 0 Å². The van der Waals surface area contributed by atoms with Gasteiger partial charge in [0.1, 0.15) is 0 Å². The molecule has 112 valence electrons. The van der Waals surface area contributed by atoms with Gasteiger partial charge >= 0.3 is 0 Å². The van der Waals surface area contributed by atoms with Crippen LogP contribution >= 0.6 is 15.9 Å². The molecule has 0 aromatic heterocycles. The number of likely N-dealkylation sites (tertiary alicyclic amines) is 1. The lowest BCUT2D eigenvalue weighted by Crippen LogP contribution is -2.35. The minimum Gasteiger partial charge on any atom is -0.493 e. The van der Waals surface area contributed by atoms with Crippen LogP contribution in [-0.2, 0) is 6.54 Å². The Morgan fingerprint density at radius 2 is 1.85 bits per heavy atom. The minimum atomic E-state index is 0.630. The predicted molar refractivity (Wildman–Crippen MR) is 85.9 cm³/mol. The highest BCUT2D eigenvalue weighted by atomic mass is 79.9. The third-order valence-electron chi connectivity index (χ3n) is 4.14. The fraction of sp³-hybridized carbons (Fsp3) is 0.625. The van der Waals surface area contributed by atoms with Crippen LogP contribution in [0.1, 0.15) is 25.3 Å². The third-order valence-corrected chi connectivity index (χ3v) is 4.88. The van der Waals surface area contributed by atoms with Crippen molar-refractivity contribution in [1.29, 1.82) is 0 Å². The van der Waals surface area contributed by atoms with Gasteiger partial charge in [-0.25, -0.2) is 0 Å². The molecule has 4 heteroatoms. The van der Waals surface area contributed by atoms with E-state index < -0.39 is 0 Å². The normalized spacial score (nSPS) is 18.8. The van der Waals surface area contributed by atoms with Gasteiger partial charge in [0.25, 0.3) is 0 Å². The molecule has 1 unspecified atom stereocenters. The summed E-state index contributed by atoms with van der Waals surface area (Å²) in [4.78, 5) is 3.15. The molecule has 0 N–H and O–H groups in total. The number of nitrogens with zero attached hydrogens (tertiary/aromatic N) is 1. The van der Waals surface area contributed by atoms with Gasteiger partial charge < -0.3 is 9.47 Å². The van der Waals surface area contributed by atoms with Crippen molar-refractivity contribution in [2.24, 2.45) is 5.92 Å². The van der Waals surface area contributed by atoms with Crippen molar-refractivity contribution in [2.45, 2.75) is 31.1 Å². The number of benzene rings is 1. The van der Waals surface area contributed by atoms with Gasteiger partial charge in [-0.1, -0.05) is 28.9 Å². The Morgan fingerprint density at radius 1 is 1.20 bits per heavy atom. The topological polar surface area (TPSA) is 21.7 Å². The molecule has 1 aromatic carbocycles. The van der Waals surface area contributed by atoms with Gasteiger partial charge in [-0.15, -0.1) is 0 Å². The molecule has 20 heavy (non-hydrogen) atoms. The molecule has 0 aliphatic carbocycles. The molecule has 3 nitrogen and oxygen atoms in total. The quantitative estimate of drug-likeness (QED) is 0.762. The van der Waals surface area contributed by atoms with Gasteiger partial charge in [0, 0.05) is 11.4 Å². The zero-order valence-corrected chi connectivity index (χ0v) is 14.1. The summed E-state index contributed by atoms with van der Waals surface area (Å²) in [6.07, 6.45) is 2.55. The Bertz CT molecular complexity index is 428. The van der Waals surface area contributed by atoms with Crippen LogP contribution in [0.15, 0.2) is 18.2 Å². The van der Waals surface area contributed by atoms with Crippen molar-refractivity contribution in [3.63, 3.8) is 0 Å². The molecule has 2 rings (SSSR count). The second-order valence-electron chi connectivity index (χ2n) is 5.48. The number of piperidine rings is 1. The first kappa shape index (κ1) is 15.6. The maximum absolute atomic E-state index is 5.36. The summed E-state index contributed by atoms with van der Waals surface area (Å²) in [6, 6.07) is 6.19. The van der Waals surface area contributed by atoms with Crippen LogP contribution in [0.25, 0.3) is 0 Å². The molecule has 0 amide bonds. The second kappa shape index (κ2) is 7.32. The van der Waals surface area contributed by atoms with E-state index >= 15 is 0 Å². The highest BCUT2D eigenvalue weighted by Gasteiger charge is 2.22. The molecular weight excluding hydrogens is 318 g/mol. The minimum absolute atomic E-state index is 0.630. The molecule has 0 saturated carbocycles. The molecule has 1 aliphatic heterocycles. The summed E-state index contributed by atoms with van der Waals surface area (Å²) >= 11 is 3.71. The first-order chi connectivity index (χ1) is 9.63. The van der Waals surface area contributed by atoms with Crippen LogP contribution < -0.4 is 9.47 Å². The fourth-order valence-electron chi connectivity index (χ4n) is 2.81.